The molecule has 3 nitrogen and oxygen atoms in total. The summed E-state index contributed by atoms with van der Waals surface area (Å²) in [4.78, 5) is 12.1. The number of methoxy groups -OCH3 is 1. The van der Waals surface area contributed by atoms with Gasteiger partial charge in [0.25, 0.3) is 0 Å². The van der Waals surface area contributed by atoms with Crippen LogP contribution in [0.25, 0.3) is 0 Å². The highest BCUT2D eigenvalue weighted by Crippen LogP contribution is 2.34. The number of carbonyl (C=O) groups is 1. The lowest BCUT2D eigenvalue weighted by Gasteiger charge is -2.20. The second-order valence-electron chi connectivity index (χ2n) is 4.22. The maximum atomic E-state index is 12.1. The number of esters is 1. The molecule has 0 aliphatic carbocycles. The smallest absolute Gasteiger partial charge is 0.333 e. The van der Waals surface area contributed by atoms with Gasteiger partial charge in [-0.25, -0.2) is 4.79 Å². The van der Waals surface area contributed by atoms with Gasteiger partial charge in [0.05, 0.1) is 17.8 Å². The van der Waals surface area contributed by atoms with Crippen molar-refractivity contribution in [2.24, 2.45) is 0 Å². The van der Waals surface area contributed by atoms with Gasteiger partial charge in [0.15, 0.2) is 6.04 Å². The Morgan fingerprint density at radius 2 is 1.57 bits per heavy atom. The van der Waals surface area contributed by atoms with E-state index >= 15 is 0 Å². The molecule has 0 aromatic heterocycles. The molecule has 0 saturated carbocycles. The molecule has 0 amide bonds. The van der Waals surface area contributed by atoms with Gasteiger partial charge in [-0.1, -0.05) is 53.0 Å². The first-order valence-corrected chi connectivity index (χ1v) is 7.20. The second kappa shape index (κ2) is 7.03. The summed E-state index contributed by atoms with van der Waals surface area (Å²) in [5.74, 6) is -0.509. The summed E-state index contributed by atoms with van der Waals surface area (Å²) in [5.41, 5.74) is 1.04. The number of benzene rings is 2. The molecule has 1 atom stereocenters. The number of anilines is 1. The zero-order valence-electron chi connectivity index (χ0n) is 11.1. The van der Waals surface area contributed by atoms with Crippen molar-refractivity contribution < 1.29 is 9.53 Å². The molecule has 110 valence electrons. The Bertz CT molecular complexity index is 641. The van der Waals surface area contributed by atoms with Gasteiger partial charge >= 0.3 is 5.97 Å². The highest BCUT2D eigenvalue weighted by Gasteiger charge is 2.26. The van der Waals surface area contributed by atoms with E-state index in [0.29, 0.717) is 26.3 Å². The number of nitrogens with one attached hydrogen (secondary N) is 1. The number of hydrogen-bond acceptors (Lipinski definition) is 3. The van der Waals surface area contributed by atoms with Crippen LogP contribution < -0.4 is 5.32 Å². The predicted octanol–water partition coefficient (Wildman–Crippen LogP) is 4.97. The van der Waals surface area contributed by atoms with Crippen LogP contribution >= 0.6 is 34.8 Å². The van der Waals surface area contributed by atoms with E-state index in [9.17, 15) is 4.79 Å². The molecule has 1 unspecified atom stereocenters. The quantitative estimate of drug-likeness (QED) is 0.796. The van der Waals surface area contributed by atoms with Gasteiger partial charge < -0.3 is 10.1 Å². The first-order valence-electron chi connectivity index (χ1n) is 6.07. The fraction of sp³-hybridized carbons (Fsp3) is 0.133. The Morgan fingerprint density at radius 3 is 2.14 bits per heavy atom. The van der Waals surface area contributed by atoms with Crippen molar-refractivity contribution in [3.63, 3.8) is 0 Å². The first kappa shape index (κ1) is 16.0. The van der Waals surface area contributed by atoms with Gasteiger partial charge in [0, 0.05) is 15.6 Å². The third-order valence-corrected chi connectivity index (χ3v) is 3.89. The van der Waals surface area contributed by atoms with Crippen molar-refractivity contribution in [3.05, 3.63) is 63.1 Å². The third kappa shape index (κ3) is 3.62. The monoisotopic (exact) mass is 343 g/mol. The number of para-hydroxylation sites is 1. The number of ether oxygens (including phenoxy) is 1. The summed E-state index contributed by atoms with van der Waals surface area (Å²) in [6, 6.07) is 11.2. The molecule has 6 heteroatoms. The van der Waals surface area contributed by atoms with Crippen molar-refractivity contribution in [3.8, 4) is 0 Å². The fourth-order valence-corrected chi connectivity index (χ4v) is 2.69. The molecule has 0 radical (unpaired) electrons. The van der Waals surface area contributed by atoms with Gasteiger partial charge in [0.1, 0.15) is 0 Å². The Hall–Kier alpha value is -1.42. The van der Waals surface area contributed by atoms with Crippen LogP contribution in [0.15, 0.2) is 42.5 Å². The lowest BCUT2D eigenvalue weighted by molar-refractivity contribution is -0.141. The summed E-state index contributed by atoms with van der Waals surface area (Å²) in [7, 11) is 1.30. The Labute approximate surface area is 137 Å². The Balaban J connectivity index is 2.45. The highest BCUT2D eigenvalue weighted by atomic mass is 35.5. The van der Waals surface area contributed by atoms with E-state index in [-0.39, 0.29) is 0 Å². The third-order valence-electron chi connectivity index (χ3n) is 2.90. The summed E-state index contributed by atoms with van der Waals surface area (Å²) >= 11 is 18.4. The lowest BCUT2D eigenvalue weighted by Crippen LogP contribution is -2.23. The Morgan fingerprint density at radius 1 is 1.00 bits per heavy atom. The van der Waals surface area contributed by atoms with E-state index in [2.05, 4.69) is 5.32 Å². The van der Waals surface area contributed by atoms with Crippen molar-refractivity contribution in [1.82, 2.24) is 0 Å². The zero-order chi connectivity index (χ0) is 15.4. The SMILES string of the molecule is COC(=O)C(Nc1ccccc1Cl)c1c(Cl)cccc1Cl. The van der Waals surface area contributed by atoms with Crippen LogP contribution in [0.3, 0.4) is 0 Å². The molecule has 0 bridgehead atoms. The number of halogens is 3. The Kier molecular flexibility index (Phi) is 5.34. The molecule has 0 spiro atoms. The molecule has 0 heterocycles. The molecule has 2 aromatic carbocycles. The van der Waals surface area contributed by atoms with Crippen molar-refractivity contribution in [1.29, 1.82) is 0 Å². The summed E-state index contributed by atoms with van der Waals surface area (Å²) in [6.07, 6.45) is 0. The number of rotatable bonds is 4. The van der Waals surface area contributed by atoms with Gasteiger partial charge in [-0.3, -0.25) is 0 Å². The van der Waals surface area contributed by atoms with Gasteiger partial charge in [-0.05, 0) is 24.3 Å². The van der Waals surface area contributed by atoms with Crippen LogP contribution in [0.4, 0.5) is 5.69 Å². The predicted molar refractivity (Wildman–Crippen MR) is 86.3 cm³/mol. The maximum Gasteiger partial charge on any atom is 0.333 e. The van der Waals surface area contributed by atoms with Gasteiger partial charge in [0.2, 0.25) is 0 Å². The largest absolute Gasteiger partial charge is 0.467 e. The van der Waals surface area contributed by atoms with Crippen LogP contribution in [-0.2, 0) is 9.53 Å². The van der Waals surface area contributed by atoms with Crippen molar-refractivity contribution in [2.45, 2.75) is 6.04 Å². The van der Waals surface area contributed by atoms with E-state index in [1.807, 2.05) is 0 Å². The average molecular weight is 345 g/mol. The molecular weight excluding hydrogens is 333 g/mol. The zero-order valence-corrected chi connectivity index (χ0v) is 13.3. The summed E-state index contributed by atoms with van der Waals surface area (Å²) < 4.78 is 4.83. The van der Waals surface area contributed by atoms with Gasteiger partial charge in [-0.2, -0.15) is 0 Å². The average Bonchev–Trinajstić information content (AvgIpc) is 2.47. The van der Waals surface area contributed by atoms with E-state index in [1.54, 1.807) is 42.5 Å². The van der Waals surface area contributed by atoms with Crippen molar-refractivity contribution >= 4 is 46.5 Å². The molecule has 0 aliphatic rings. The molecule has 2 rings (SSSR count). The van der Waals surface area contributed by atoms with E-state index in [0.717, 1.165) is 0 Å². The minimum absolute atomic E-state index is 0.373. The van der Waals surface area contributed by atoms with E-state index in [4.69, 9.17) is 39.5 Å². The number of hydrogen-bond donors (Lipinski definition) is 1. The summed E-state index contributed by atoms with van der Waals surface area (Å²) in [5, 5.41) is 4.25. The van der Waals surface area contributed by atoms with E-state index in [1.165, 1.54) is 7.11 Å². The van der Waals surface area contributed by atoms with Gasteiger partial charge in [-0.15, -0.1) is 0 Å². The van der Waals surface area contributed by atoms with Crippen LogP contribution in [-0.4, -0.2) is 13.1 Å². The van der Waals surface area contributed by atoms with Crippen LogP contribution in [0.2, 0.25) is 15.1 Å². The lowest BCUT2D eigenvalue weighted by atomic mass is 10.1. The molecule has 0 fully saturated rings. The topological polar surface area (TPSA) is 38.3 Å². The number of carbonyl (C=O) groups excluding carboxylic acids is 1. The molecule has 2 aromatic rings. The second-order valence-corrected chi connectivity index (χ2v) is 5.44. The minimum Gasteiger partial charge on any atom is -0.467 e. The molecule has 1 N–H and O–H groups in total. The standard InChI is InChI=1S/C15H12Cl3NO2/c1-21-15(20)14(13-10(17)6-4-7-11(13)18)19-12-8-3-2-5-9(12)16/h2-8,14,19H,1H3. The van der Waals surface area contributed by atoms with Crippen molar-refractivity contribution in [2.75, 3.05) is 12.4 Å². The minimum atomic E-state index is -0.851. The maximum absolute atomic E-state index is 12.1. The van der Waals surface area contributed by atoms with E-state index < -0.39 is 12.0 Å². The molecular formula is C15H12Cl3NO2. The summed E-state index contributed by atoms with van der Waals surface area (Å²) in [6.45, 7) is 0. The molecule has 0 saturated heterocycles. The normalized spacial score (nSPS) is 11.8. The van der Waals surface area contributed by atoms with Crippen LogP contribution in [0.1, 0.15) is 11.6 Å². The highest BCUT2D eigenvalue weighted by molar-refractivity contribution is 6.36. The van der Waals surface area contributed by atoms with Crippen LogP contribution in [0.5, 0.6) is 0 Å². The fourth-order valence-electron chi connectivity index (χ4n) is 1.89. The van der Waals surface area contributed by atoms with Crippen LogP contribution in [0, 0.1) is 0 Å². The molecule has 0 aliphatic heterocycles. The molecule has 21 heavy (non-hydrogen) atoms. The first-order chi connectivity index (χ1) is 10.0.